The van der Waals surface area contributed by atoms with E-state index in [1.54, 1.807) is 25.3 Å². The number of hydrogen-bond donors (Lipinski definition) is 1. The molecule has 1 aliphatic carbocycles. The van der Waals surface area contributed by atoms with Gasteiger partial charge in [0.15, 0.2) is 6.61 Å². The van der Waals surface area contributed by atoms with Crippen molar-refractivity contribution in [2.75, 3.05) is 26.1 Å². The first-order valence-electron chi connectivity index (χ1n) is 9.34. The van der Waals surface area contributed by atoms with Gasteiger partial charge in [0.1, 0.15) is 16.4 Å². The van der Waals surface area contributed by atoms with Crippen molar-refractivity contribution >= 4 is 28.9 Å². The van der Waals surface area contributed by atoms with Crippen molar-refractivity contribution in [3.05, 3.63) is 39.6 Å². The Bertz CT molecular complexity index is 860. The van der Waals surface area contributed by atoms with Gasteiger partial charge in [0.05, 0.1) is 19.9 Å². The zero-order valence-corrected chi connectivity index (χ0v) is 17.2. The molecule has 3 rings (SSSR count). The van der Waals surface area contributed by atoms with Crippen LogP contribution in [-0.4, -0.2) is 32.7 Å². The van der Waals surface area contributed by atoms with Crippen LogP contribution < -0.4 is 14.8 Å². The third kappa shape index (κ3) is 4.65. The number of hydrogen-bond acceptors (Lipinski definition) is 6. The first-order chi connectivity index (χ1) is 13.5. The molecule has 1 aromatic heterocycles. The van der Waals surface area contributed by atoms with Gasteiger partial charge in [-0.15, -0.1) is 11.3 Å². The molecule has 1 atom stereocenters. The lowest BCUT2D eigenvalue weighted by Gasteiger charge is -2.19. The van der Waals surface area contributed by atoms with Crippen molar-refractivity contribution < 1.29 is 23.8 Å². The van der Waals surface area contributed by atoms with Crippen molar-refractivity contribution in [1.29, 1.82) is 0 Å². The summed E-state index contributed by atoms with van der Waals surface area (Å²) in [5, 5.41) is 2.69. The molecule has 0 radical (unpaired) electrons. The SMILES string of the molecule is CCC1CCc2sc(C(=O)OCC(=O)Nc3cc(OC)ccc3OC)cc2C1. The highest BCUT2D eigenvalue weighted by atomic mass is 32.1. The predicted octanol–water partition coefficient (Wildman–Crippen LogP) is 4.08. The molecule has 28 heavy (non-hydrogen) atoms. The first kappa shape index (κ1) is 20.2. The van der Waals surface area contributed by atoms with Crippen LogP contribution in [0.2, 0.25) is 0 Å². The molecule has 1 unspecified atom stereocenters. The molecule has 1 amide bonds. The number of fused-ring (bicyclic) bond motifs is 1. The van der Waals surface area contributed by atoms with Gasteiger partial charge in [0, 0.05) is 10.9 Å². The van der Waals surface area contributed by atoms with Gasteiger partial charge in [0.2, 0.25) is 0 Å². The molecule has 0 aliphatic heterocycles. The average Bonchev–Trinajstić information content (AvgIpc) is 3.15. The molecule has 0 spiro atoms. The number of nitrogens with one attached hydrogen (secondary N) is 1. The van der Waals surface area contributed by atoms with E-state index in [9.17, 15) is 9.59 Å². The lowest BCUT2D eigenvalue weighted by Crippen LogP contribution is -2.21. The Hall–Kier alpha value is -2.54. The van der Waals surface area contributed by atoms with Gasteiger partial charge in [0.25, 0.3) is 5.91 Å². The number of aryl methyl sites for hydroxylation is 1. The molecule has 0 saturated carbocycles. The van der Waals surface area contributed by atoms with Gasteiger partial charge in [-0.3, -0.25) is 4.79 Å². The Morgan fingerprint density at radius 3 is 2.75 bits per heavy atom. The lowest BCUT2D eigenvalue weighted by atomic mass is 9.87. The predicted molar refractivity (Wildman–Crippen MR) is 109 cm³/mol. The summed E-state index contributed by atoms with van der Waals surface area (Å²) >= 11 is 1.48. The third-order valence-corrected chi connectivity index (χ3v) is 6.20. The molecule has 1 aromatic carbocycles. The Balaban J connectivity index is 1.58. The summed E-state index contributed by atoms with van der Waals surface area (Å²) in [7, 11) is 3.05. The highest BCUT2D eigenvalue weighted by Gasteiger charge is 2.23. The summed E-state index contributed by atoms with van der Waals surface area (Å²) < 4.78 is 15.6. The van der Waals surface area contributed by atoms with E-state index in [1.165, 1.54) is 35.3 Å². The summed E-state index contributed by atoms with van der Waals surface area (Å²) in [4.78, 5) is 26.4. The van der Waals surface area contributed by atoms with Crippen LogP contribution in [0, 0.1) is 5.92 Å². The molecular weight excluding hydrogens is 378 g/mol. The van der Waals surface area contributed by atoms with Crippen LogP contribution in [0.5, 0.6) is 11.5 Å². The van der Waals surface area contributed by atoms with Gasteiger partial charge in [-0.05, 0) is 48.9 Å². The van der Waals surface area contributed by atoms with E-state index in [4.69, 9.17) is 14.2 Å². The summed E-state index contributed by atoms with van der Waals surface area (Å²) in [6.45, 7) is 1.84. The fraction of sp³-hybridized carbons (Fsp3) is 0.429. The molecule has 7 heteroatoms. The van der Waals surface area contributed by atoms with Gasteiger partial charge in [-0.25, -0.2) is 4.79 Å². The van der Waals surface area contributed by atoms with Crippen molar-refractivity contribution in [3.8, 4) is 11.5 Å². The fourth-order valence-electron chi connectivity index (χ4n) is 3.35. The molecule has 150 valence electrons. The van der Waals surface area contributed by atoms with E-state index in [2.05, 4.69) is 12.2 Å². The number of carbonyl (C=O) groups is 2. The van der Waals surface area contributed by atoms with Crippen LogP contribution in [0.3, 0.4) is 0 Å². The quantitative estimate of drug-likeness (QED) is 0.705. The molecule has 6 nitrogen and oxygen atoms in total. The van der Waals surface area contributed by atoms with Crippen molar-refractivity contribution in [2.24, 2.45) is 5.92 Å². The van der Waals surface area contributed by atoms with Crippen LogP contribution in [0.1, 0.15) is 39.9 Å². The number of amides is 1. The Morgan fingerprint density at radius 1 is 1.21 bits per heavy atom. The van der Waals surface area contributed by atoms with E-state index >= 15 is 0 Å². The van der Waals surface area contributed by atoms with E-state index in [1.807, 2.05) is 6.07 Å². The van der Waals surface area contributed by atoms with Crippen molar-refractivity contribution in [2.45, 2.75) is 32.6 Å². The zero-order valence-electron chi connectivity index (χ0n) is 16.4. The van der Waals surface area contributed by atoms with Gasteiger partial charge < -0.3 is 19.5 Å². The normalized spacial score (nSPS) is 15.5. The van der Waals surface area contributed by atoms with E-state index in [0.29, 0.717) is 28.0 Å². The van der Waals surface area contributed by atoms with Crippen LogP contribution in [0.15, 0.2) is 24.3 Å². The maximum atomic E-state index is 12.4. The summed E-state index contributed by atoms with van der Waals surface area (Å²) in [5.41, 5.74) is 1.71. The largest absolute Gasteiger partial charge is 0.497 e. The molecule has 0 saturated heterocycles. The smallest absolute Gasteiger partial charge is 0.348 e. The van der Waals surface area contributed by atoms with E-state index < -0.39 is 11.9 Å². The summed E-state index contributed by atoms with van der Waals surface area (Å²) in [5.74, 6) is 0.876. The molecular formula is C21H25NO5S. The monoisotopic (exact) mass is 403 g/mol. The Morgan fingerprint density at radius 2 is 2.04 bits per heavy atom. The molecule has 2 aromatic rings. The minimum absolute atomic E-state index is 0.362. The second-order valence-electron chi connectivity index (χ2n) is 6.77. The Labute approximate surface area is 168 Å². The maximum absolute atomic E-state index is 12.4. The molecule has 1 aliphatic rings. The number of anilines is 1. The van der Waals surface area contributed by atoms with E-state index in [0.717, 1.165) is 19.3 Å². The Kier molecular flexibility index (Phi) is 6.57. The molecule has 1 heterocycles. The average molecular weight is 404 g/mol. The highest BCUT2D eigenvalue weighted by molar-refractivity contribution is 7.14. The number of methoxy groups -OCH3 is 2. The standard InChI is InChI=1S/C21H25NO5S/c1-4-13-5-8-18-14(9-13)10-19(28-18)21(24)27-12-20(23)22-16-11-15(25-2)6-7-17(16)26-3/h6-7,10-11,13H,4-5,8-9,12H2,1-3H3,(H,22,23). The molecule has 1 N–H and O–H groups in total. The molecule has 0 fully saturated rings. The number of carbonyl (C=O) groups excluding carboxylic acids is 2. The minimum Gasteiger partial charge on any atom is -0.497 e. The van der Waals surface area contributed by atoms with Crippen molar-refractivity contribution in [3.63, 3.8) is 0 Å². The van der Waals surface area contributed by atoms with Crippen molar-refractivity contribution in [1.82, 2.24) is 0 Å². The third-order valence-electron chi connectivity index (χ3n) is 4.98. The second-order valence-corrected chi connectivity index (χ2v) is 7.90. The topological polar surface area (TPSA) is 73.9 Å². The summed E-state index contributed by atoms with van der Waals surface area (Å²) in [6, 6.07) is 7.00. The number of thiophene rings is 1. The number of ether oxygens (including phenoxy) is 3. The number of rotatable bonds is 7. The van der Waals surface area contributed by atoms with Crippen LogP contribution in [0.25, 0.3) is 0 Å². The van der Waals surface area contributed by atoms with Crippen LogP contribution >= 0.6 is 11.3 Å². The lowest BCUT2D eigenvalue weighted by molar-refractivity contribution is -0.119. The highest BCUT2D eigenvalue weighted by Crippen LogP contribution is 2.34. The van der Waals surface area contributed by atoms with Crippen LogP contribution in [-0.2, 0) is 22.4 Å². The van der Waals surface area contributed by atoms with Gasteiger partial charge in [-0.2, -0.15) is 0 Å². The maximum Gasteiger partial charge on any atom is 0.348 e. The van der Waals surface area contributed by atoms with Gasteiger partial charge in [-0.1, -0.05) is 13.3 Å². The first-order valence-corrected chi connectivity index (χ1v) is 10.2. The second kappa shape index (κ2) is 9.10. The number of esters is 1. The van der Waals surface area contributed by atoms with Gasteiger partial charge >= 0.3 is 5.97 Å². The summed E-state index contributed by atoms with van der Waals surface area (Å²) in [6.07, 6.45) is 4.36. The van der Waals surface area contributed by atoms with E-state index in [-0.39, 0.29) is 6.61 Å². The zero-order chi connectivity index (χ0) is 20.1. The number of benzene rings is 1. The van der Waals surface area contributed by atoms with Crippen LogP contribution in [0.4, 0.5) is 5.69 Å². The fourth-order valence-corrected chi connectivity index (χ4v) is 4.45. The molecule has 0 bridgehead atoms. The minimum atomic E-state index is -0.458.